The van der Waals surface area contributed by atoms with E-state index in [0.717, 1.165) is 12.4 Å². The van der Waals surface area contributed by atoms with Crippen LogP contribution in [0.15, 0.2) is 60.9 Å². The molecule has 1 aromatic heterocycles. The van der Waals surface area contributed by atoms with Crippen LogP contribution >= 0.6 is 0 Å². The van der Waals surface area contributed by atoms with Gasteiger partial charge in [0.15, 0.2) is 0 Å². The van der Waals surface area contributed by atoms with E-state index >= 15 is 0 Å². The number of hydrogen-bond donors (Lipinski definition) is 0. The lowest BCUT2D eigenvalue weighted by Crippen LogP contribution is -2.00. The highest BCUT2D eigenvalue weighted by atomic mass is 15.3. The topological polar surface area (TPSA) is 30.7 Å². The monoisotopic (exact) mass is 249 g/mol. The largest absolute Gasteiger partial charge is 0.248 e. The van der Waals surface area contributed by atoms with Crippen LogP contribution in [0, 0.1) is 6.92 Å². The fourth-order valence-electron chi connectivity index (χ4n) is 2.08. The van der Waals surface area contributed by atoms with E-state index in [1.165, 1.54) is 16.7 Å². The molecule has 0 saturated carbocycles. The fourth-order valence-corrected chi connectivity index (χ4v) is 2.08. The SMILES string of the molecule is Cc1ncn(Cc2ccc(-c3ccccc3)cc2)n1. The van der Waals surface area contributed by atoms with Crippen molar-refractivity contribution in [1.29, 1.82) is 0 Å². The molecule has 3 aromatic rings. The summed E-state index contributed by atoms with van der Waals surface area (Å²) in [5.41, 5.74) is 3.70. The molecular formula is C16H15N3. The van der Waals surface area contributed by atoms with Gasteiger partial charge in [0.05, 0.1) is 6.54 Å². The van der Waals surface area contributed by atoms with Crippen LogP contribution in [0.5, 0.6) is 0 Å². The molecule has 3 heteroatoms. The summed E-state index contributed by atoms with van der Waals surface area (Å²) in [5.74, 6) is 0.806. The molecule has 1 heterocycles. The normalized spacial score (nSPS) is 10.6. The Balaban J connectivity index is 1.79. The lowest BCUT2D eigenvalue weighted by Gasteiger charge is -2.04. The van der Waals surface area contributed by atoms with Crippen LogP contribution in [0.25, 0.3) is 11.1 Å². The Kier molecular flexibility index (Phi) is 3.11. The quantitative estimate of drug-likeness (QED) is 0.713. The summed E-state index contributed by atoms with van der Waals surface area (Å²) in [4.78, 5) is 4.13. The molecule has 0 aliphatic heterocycles. The zero-order chi connectivity index (χ0) is 13.1. The van der Waals surface area contributed by atoms with Crippen molar-refractivity contribution in [3.05, 3.63) is 72.3 Å². The third kappa shape index (κ3) is 2.71. The Labute approximate surface area is 112 Å². The molecular weight excluding hydrogens is 234 g/mol. The molecule has 94 valence electrons. The molecule has 3 rings (SSSR count). The minimum Gasteiger partial charge on any atom is -0.248 e. The maximum absolute atomic E-state index is 4.29. The molecule has 0 bridgehead atoms. The van der Waals surface area contributed by atoms with Gasteiger partial charge in [0.2, 0.25) is 0 Å². The number of rotatable bonds is 3. The summed E-state index contributed by atoms with van der Waals surface area (Å²) in [7, 11) is 0. The van der Waals surface area contributed by atoms with Gasteiger partial charge in [-0.15, -0.1) is 0 Å². The molecule has 0 fully saturated rings. The average molecular weight is 249 g/mol. The number of hydrogen-bond acceptors (Lipinski definition) is 2. The summed E-state index contributed by atoms with van der Waals surface area (Å²) >= 11 is 0. The molecule has 19 heavy (non-hydrogen) atoms. The van der Waals surface area contributed by atoms with E-state index in [0.29, 0.717) is 0 Å². The lowest BCUT2D eigenvalue weighted by molar-refractivity contribution is 0.679. The summed E-state index contributed by atoms with van der Waals surface area (Å²) in [6.45, 7) is 2.66. The highest BCUT2D eigenvalue weighted by molar-refractivity contribution is 5.63. The number of benzene rings is 2. The number of nitrogens with zero attached hydrogens (tertiary/aromatic N) is 3. The Bertz CT molecular complexity index is 654. The molecule has 2 aromatic carbocycles. The van der Waals surface area contributed by atoms with Crippen molar-refractivity contribution in [2.75, 3.05) is 0 Å². The summed E-state index contributed by atoms with van der Waals surface area (Å²) in [6, 6.07) is 19.0. The smallest absolute Gasteiger partial charge is 0.147 e. The standard InChI is InChI=1S/C16H15N3/c1-13-17-12-19(18-13)11-14-7-9-16(10-8-14)15-5-3-2-4-6-15/h2-10,12H,11H2,1H3. The maximum Gasteiger partial charge on any atom is 0.147 e. The first-order valence-corrected chi connectivity index (χ1v) is 6.32. The highest BCUT2D eigenvalue weighted by Gasteiger charge is 2.00. The van der Waals surface area contributed by atoms with Crippen molar-refractivity contribution in [2.45, 2.75) is 13.5 Å². The Hall–Kier alpha value is -2.42. The van der Waals surface area contributed by atoms with Crippen LogP contribution < -0.4 is 0 Å². The predicted molar refractivity (Wildman–Crippen MR) is 75.7 cm³/mol. The highest BCUT2D eigenvalue weighted by Crippen LogP contribution is 2.19. The first-order chi connectivity index (χ1) is 9.31. The zero-order valence-electron chi connectivity index (χ0n) is 10.8. The van der Waals surface area contributed by atoms with Gasteiger partial charge in [-0.05, 0) is 23.6 Å². The van der Waals surface area contributed by atoms with Gasteiger partial charge in [0, 0.05) is 0 Å². The molecule has 0 N–H and O–H groups in total. The van der Waals surface area contributed by atoms with E-state index in [9.17, 15) is 0 Å². The first-order valence-electron chi connectivity index (χ1n) is 6.32. The molecule has 0 amide bonds. The van der Waals surface area contributed by atoms with Crippen LogP contribution in [0.2, 0.25) is 0 Å². The van der Waals surface area contributed by atoms with Crippen LogP contribution in [-0.2, 0) is 6.54 Å². The third-order valence-corrected chi connectivity index (χ3v) is 3.06. The van der Waals surface area contributed by atoms with Gasteiger partial charge >= 0.3 is 0 Å². The Morgan fingerprint density at radius 1 is 0.895 bits per heavy atom. The van der Waals surface area contributed by atoms with Gasteiger partial charge in [-0.2, -0.15) is 5.10 Å². The second kappa shape index (κ2) is 5.06. The van der Waals surface area contributed by atoms with Crippen molar-refractivity contribution in [1.82, 2.24) is 14.8 Å². The van der Waals surface area contributed by atoms with Crippen molar-refractivity contribution < 1.29 is 0 Å². The minimum absolute atomic E-state index is 0.760. The maximum atomic E-state index is 4.29. The number of aryl methyl sites for hydroxylation is 1. The molecule has 0 aliphatic carbocycles. The summed E-state index contributed by atoms with van der Waals surface area (Å²) in [5, 5.41) is 4.29. The minimum atomic E-state index is 0.760. The molecule has 0 aliphatic rings. The molecule has 0 spiro atoms. The van der Waals surface area contributed by atoms with Crippen molar-refractivity contribution in [2.24, 2.45) is 0 Å². The Morgan fingerprint density at radius 2 is 1.58 bits per heavy atom. The van der Waals surface area contributed by atoms with E-state index < -0.39 is 0 Å². The second-order valence-electron chi connectivity index (χ2n) is 4.55. The first kappa shape index (κ1) is 11.7. The summed E-state index contributed by atoms with van der Waals surface area (Å²) < 4.78 is 1.85. The van der Waals surface area contributed by atoms with Gasteiger partial charge in [0.1, 0.15) is 12.2 Å². The molecule has 0 saturated heterocycles. The van der Waals surface area contributed by atoms with E-state index in [1.54, 1.807) is 6.33 Å². The van der Waals surface area contributed by atoms with Gasteiger partial charge < -0.3 is 0 Å². The van der Waals surface area contributed by atoms with Crippen molar-refractivity contribution >= 4 is 0 Å². The van der Waals surface area contributed by atoms with Crippen LogP contribution in [0.3, 0.4) is 0 Å². The lowest BCUT2D eigenvalue weighted by atomic mass is 10.0. The second-order valence-corrected chi connectivity index (χ2v) is 4.55. The van der Waals surface area contributed by atoms with E-state index in [-0.39, 0.29) is 0 Å². The molecule has 3 nitrogen and oxygen atoms in total. The van der Waals surface area contributed by atoms with Gasteiger partial charge in [0.25, 0.3) is 0 Å². The van der Waals surface area contributed by atoms with Gasteiger partial charge in [-0.3, -0.25) is 0 Å². The molecule has 0 radical (unpaired) electrons. The van der Waals surface area contributed by atoms with Gasteiger partial charge in [-0.25, -0.2) is 9.67 Å². The van der Waals surface area contributed by atoms with E-state index in [1.807, 2.05) is 17.7 Å². The number of aromatic nitrogens is 3. The van der Waals surface area contributed by atoms with E-state index in [2.05, 4.69) is 58.6 Å². The average Bonchev–Trinajstić information content (AvgIpc) is 2.86. The summed E-state index contributed by atoms with van der Waals surface area (Å²) in [6.07, 6.45) is 1.76. The Morgan fingerprint density at radius 3 is 2.21 bits per heavy atom. The van der Waals surface area contributed by atoms with Crippen molar-refractivity contribution in [3.8, 4) is 11.1 Å². The third-order valence-electron chi connectivity index (χ3n) is 3.06. The van der Waals surface area contributed by atoms with E-state index in [4.69, 9.17) is 0 Å². The molecule has 0 atom stereocenters. The van der Waals surface area contributed by atoms with Crippen LogP contribution in [0.1, 0.15) is 11.4 Å². The van der Waals surface area contributed by atoms with Crippen LogP contribution in [0.4, 0.5) is 0 Å². The predicted octanol–water partition coefficient (Wildman–Crippen LogP) is 3.30. The van der Waals surface area contributed by atoms with Gasteiger partial charge in [-0.1, -0.05) is 54.6 Å². The fraction of sp³-hybridized carbons (Fsp3) is 0.125. The molecule has 0 unspecified atom stereocenters. The zero-order valence-corrected chi connectivity index (χ0v) is 10.8. The van der Waals surface area contributed by atoms with Crippen molar-refractivity contribution in [3.63, 3.8) is 0 Å². The van der Waals surface area contributed by atoms with Crippen LogP contribution in [-0.4, -0.2) is 14.8 Å².